The summed E-state index contributed by atoms with van der Waals surface area (Å²) in [6, 6.07) is 23.5. The molecule has 0 atom stereocenters. The molecule has 29 heavy (non-hydrogen) atoms. The van der Waals surface area contributed by atoms with Crippen molar-refractivity contribution in [2.24, 2.45) is 0 Å². The molecule has 3 aromatic carbocycles. The van der Waals surface area contributed by atoms with Crippen LogP contribution in [-0.4, -0.2) is 19.1 Å². The van der Waals surface area contributed by atoms with Gasteiger partial charge in [0, 0.05) is 17.7 Å². The normalized spacial score (nSPS) is 10.4. The third-order valence-corrected chi connectivity index (χ3v) is 4.64. The van der Waals surface area contributed by atoms with Crippen LogP contribution in [0.25, 0.3) is 0 Å². The Morgan fingerprint density at radius 3 is 2.41 bits per heavy atom. The zero-order valence-electron chi connectivity index (χ0n) is 17.0. The summed E-state index contributed by atoms with van der Waals surface area (Å²) in [5, 5.41) is 2.99. The summed E-state index contributed by atoms with van der Waals surface area (Å²) >= 11 is 0. The summed E-state index contributed by atoms with van der Waals surface area (Å²) in [6.45, 7) is 5.43. The van der Waals surface area contributed by atoms with Crippen molar-refractivity contribution in [1.82, 2.24) is 5.32 Å². The molecule has 0 saturated carbocycles. The van der Waals surface area contributed by atoms with Crippen LogP contribution in [0, 0.1) is 6.92 Å². The van der Waals surface area contributed by atoms with E-state index >= 15 is 0 Å². The Labute approximate surface area is 172 Å². The van der Waals surface area contributed by atoms with Crippen molar-refractivity contribution in [2.45, 2.75) is 26.9 Å². The van der Waals surface area contributed by atoms with Crippen molar-refractivity contribution in [3.05, 3.63) is 95.1 Å². The number of amides is 1. The van der Waals surface area contributed by atoms with Crippen LogP contribution in [-0.2, 0) is 13.0 Å². The highest BCUT2D eigenvalue weighted by Crippen LogP contribution is 2.24. The molecule has 150 valence electrons. The third-order valence-electron chi connectivity index (χ3n) is 4.64. The number of benzene rings is 3. The number of carbonyl (C=O) groups excluding carboxylic acids is 1. The molecule has 3 aromatic rings. The molecule has 0 radical (unpaired) electrons. The predicted octanol–water partition coefficient (Wildman–Crippen LogP) is 4.95. The smallest absolute Gasteiger partial charge is 0.251 e. The summed E-state index contributed by atoms with van der Waals surface area (Å²) in [6.07, 6.45) is 0.798. The molecule has 0 heterocycles. The highest BCUT2D eigenvalue weighted by atomic mass is 16.5. The van der Waals surface area contributed by atoms with Gasteiger partial charge in [-0.3, -0.25) is 4.79 Å². The standard InChI is InChI=1S/C25H27NO3/c1-3-28-24-14-13-21(25(27)26-16-15-20-10-5-4-6-11-20)17-22(24)18-29-23-12-8-7-9-19(23)2/h4-14,17H,3,15-16,18H2,1-2H3,(H,26,27). The monoisotopic (exact) mass is 389 g/mol. The quantitative estimate of drug-likeness (QED) is 0.564. The highest BCUT2D eigenvalue weighted by molar-refractivity contribution is 5.94. The van der Waals surface area contributed by atoms with Crippen LogP contribution in [0.3, 0.4) is 0 Å². The van der Waals surface area contributed by atoms with Gasteiger partial charge < -0.3 is 14.8 Å². The number of hydrogen-bond acceptors (Lipinski definition) is 3. The van der Waals surface area contributed by atoms with E-state index in [0.717, 1.165) is 29.0 Å². The average Bonchev–Trinajstić information content (AvgIpc) is 2.75. The maximum Gasteiger partial charge on any atom is 0.251 e. The second-order valence-corrected chi connectivity index (χ2v) is 6.80. The van der Waals surface area contributed by atoms with Gasteiger partial charge in [0.1, 0.15) is 18.1 Å². The molecule has 0 bridgehead atoms. The Kier molecular flexibility index (Phi) is 7.28. The lowest BCUT2D eigenvalue weighted by molar-refractivity contribution is 0.0954. The molecule has 0 aliphatic carbocycles. The molecule has 4 heteroatoms. The summed E-state index contributed by atoms with van der Waals surface area (Å²) in [7, 11) is 0. The minimum Gasteiger partial charge on any atom is -0.493 e. The van der Waals surface area contributed by atoms with Gasteiger partial charge in [-0.25, -0.2) is 0 Å². The lowest BCUT2D eigenvalue weighted by Crippen LogP contribution is -2.25. The summed E-state index contributed by atoms with van der Waals surface area (Å²) in [5.41, 5.74) is 3.72. The first-order valence-electron chi connectivity index (χ1n) is 9.93. The lowest BCUT2D eigenvalue weighted by Gasteiger charge is -2.14. The van der Waals surface area contributed by atoms with Crippen molar-refractivity contribution in [3.63, 3.8) is 0 Å². The minimum atomic E-state index is -0.0962. The molecule has 0 spiro atoms. The van der Waals surface area contributed by atoms with Crippen LogP contribution in [0.1, 0.15) is 34.0 Å². The van der Waals surface area contributed by atoms with E-state index in [2.05, 4.69) is 17.4 Å². The van der Waals surface area contributed by atoms with Crippen LogP contribution in [0.15, 0.2) is 72.8 Å². The molecule has 3 rings (SSSR count). The van der Waals surface area contributed by atoms with E-state index in [4.69, 9.17) is 9.47 Å². The van der Waals surface area contributed by atoms with Crippen molar-refractivity contribution in [2.75, 3.05) is 13.2 Å². The van der Waals surface area contributed by atoms with E-state index in [1.54, 1.807) is 6.07 Å². The maximum absolute atomic E-state index is 12.6. The molecular formula is C25H27NO3. The maximum atomic E-state index is 12.6. The fourth-order valence-corrected chi connectivity index (χ4v) is 3.07. The van der Waals surface area contributed by atoms with Crippen molar-refractivity contribution >= 4 is 5.91 Å². The Bertz CT molecular complexity index is 938. The van der Waals surface area contributed by atoms with E-state index in [1.807, 2.05) is 68.4 Å². The molecule has 0 aromatic heterocycles. The van der Waals surface area contributed by atoms with Crippen LogP contribution >= 0.6 is 0 Å². The molecular weight excluding hydrogens is 362 g/mol. The topological polar surface area (TPSA) is 47.6 Å². The van der Waals surface area contributed by atoms with Gasteiger partial charge in [-0.2, -0.15) is 0 Å². The van der Waals surface area contributed by atoms with Gasteiger partial charge in [0.05, 0.1) is 6.61 Å². The van der Waals surface area contributed by atoms with Gasteiger partial charge >= 0.3 is 0 Å². The minimum absolute atomic E-state index is 0.0962. The van der Waals surface area contributed by atoms with E-state index < -0.39 is 0 Å². The molecule has 0 aliphatic heterocycles. The molecule has 1 amide bonds. The first kappa shape index (κ1) is 20.5. The van der Waals surface area contributed by atoms with Crippen LogP contribution < -0.4 is 14.8 Å². The number of carbonyl (C=O) groups is 1. The summed E-state index contributed by atoms with van der Waals surface area (Å²) < 4.78 is 11.7. The van der Waals surface area contributed by atoms with E-state index in [1.165, 1.54) is 5.56 Å². The van der Waals surface area contributed by atoms with Gasteiger partial charge in [-0.05, 0) is 55.7 Å². The van der Waals surface area contributed by atoms with Crippen LogP contribution in [0.2, 0.25) is 0 Å². The van der Waals surface area contributed by atoms with Crippen molar-refractivity contribution in [3.8, 4) is 11.5 Å². The number of ether oxygens (including phenoxy) is 2. The SMILES string of the molecule is CCOc1ccc(C(=O)NCCc2ccccc2)cc1COc1ccccc1C. The molecule has 0 saturated heterocycles. The van der Waals surface area contributed by atoms with Crippen LogP contribution in [0.4, 0.5) is 0 Å². The zero-order chi connectivity index (χ0) is 20.5. The first-order chi connectivity index (χ1) is 14.2. The number of rotatable bonds is 9. The van der Waals surface area contributed by atoms with E-state index in [0.29, 0.717) is 25.3 Å². The number of nitrogens with one attached hydrogen (secondary N) is 1. The van der Waals surface area contributed by atoms with E-state index in [9.17, 15) is 4.79 Å². The highest BCUT2D eigenvalue weighted by Gasteiger charge is 2.12. The summed E-state index contributed by atoms with van der Waals surface area (Å²) in [4.78, 5) is 12.6. The molecule has 4 nitrogen and oxygen atoms in total. The zero-order valence-corrected chi connectivity index (χ0v) is 17.0. The molecule has 0 aliphatic rings. The Morgan fingerprint density at radius 2 is 1.66 bits per heavy atom. The molecule has 0 fully saturated rings. The second-order valence-electron chi connectivity index (χ2n) is 6.80. The van der Waals surface area contributed by atoms with Gasteiger partial charge in [-0.15, -0.1) is 0 Å². The fourth-order valence-electron chi connectivity index (χ4n) is 3.07. The summed E-state index contributed by atoms with van der Waals surface area (Å²) in [5.74, 6) is 1.47. The number of para-hydroxylation sites is 1. The Balaban J connectivity index is 1.66. The number of hydrogen-bond donors (Lipinski definition) is 1. The number of aryl methyl sites for hydroxylation is 1. The third kappa shape index (κ3) is 5.85. The first-order valence-corrected chi connectivity index (χ1v) is 9.93. The predicted molar refractivity (Wildman–Crippen MR) is 116 cm³/mol. The largest absolute Gasteiger partial charge is 0.493 e. The van der Waals surface area contributed by atoms with Gasteiger partial charge in [0.15, 0.2) is 0 Å². The lowest BCUT2D eigenvalue weighted by atomic mass is 10.1. The van der Waals surface area contributed by atoms with Crippen molar-refractivity contribution in [1.29, 1.82) is 0 Å². The van der Waals surface area contributed by atoms with Crippen LogP contribution in [0.5, 0.6) is 11.5 Å². The van der Waals surface area contributed by atoms with Gasteiger partial charge in [0.2, 0.25) is 0 Å². The Morgan fingerprint density at radius 1 is 0.897 bits per heavy atom. The van der Waals surface area contributed by atoms with Crippen molar-refractivity contribution < 1.29 is 14.3 Å². The average molecular weight is 389 g/mol. The van der Waals surface area contributed by atoms with Gasteiger partial charge in [0.25, 0.3) is 5.91 Å². The molecule has 1 N–H and O–H groups in total. The molecule has 0 unspecified atom stereocenters. The fraction of sp³-hybridized carbons (Fsp3) is 0.240. The van der Waals surface area contributed by atoms with E-state index in [-0.39, 0.29) is 5.91 Å². The second kappa shape index (κ2) is 10.3. The van der Waals surface area contributed by atoms with Gasteiger partial charge in [-0.1, -0.05) is 48.5 Å². The Hall–Kier alpha value is -3.27.